The van der Waals surface area contributed by atoms with Gasteiger partial charge in [0, 0.05) is 22.8 Å². The number of H-pyrrole nitrogens is 1. The van der Waals surface area contributed by atoms with E-state index in [1.807, 2.05) is 19.9 Å². The number of aromatic nitrogens is 2. The van der Waals surface area contributed by atoms with Crippen molar-refractivity contribution < 1.29 is 9.13 Å². The minimum absolute atomic E-state index is 0.117. The number of alkyl halides is 1. The Balaban J connectivity index is 1.65. The molecule has 1 aliphatic rings. The molecule has 1 aromatic carbocycles. The maximum absolute atomic E-state index is 14.7. The summed E-state index contributed by atoms with van der Waals surface area (Å²) in [4.78, 5) is 19.3. The predicted molar refractivity (Wildman–Crippen MR) is 108 cm³/mol. The van der Waals surface area contributed by atoms with Crippen molar-refractivity contribution in [3.05, 3.63) is 75.7 Å². The largest absolute Gasteiger partial charge is 0.452 e. The van der Waals surface area contributed by atoms with E-state index in [1.54, 1.807) is 30.5 Å². The Kier molecular flexibility index (Phi) is 4.94. The highest BCUT2D eigenvalue weighted by atomic mass is 35.5. The van der Waals surface area contributed by atoms with Crippen LogP contribution in [0.1, 0.15) is 23.4 Å². The maximum Gasteiger partial charge on any atom is 0.251 e. The van der Waals surface area contributed by atoms with Crippen LogP contribution in [0.15, 0.2) is 47.4 Å². The fourth-order valence-electron chi connectivity index (χ4n) is 3.32. The summed E-state index contributed by atoms with van der Waals surface area (Å²) in [6.45, 7) is 3.71. The van der Waals surface area contributed by atoms with Crippen LogP contribution in [0.25, 0.3) is 11.1 Å². The van der Waals surface area contributed by atoms with Gasteiger partial charge in [0.2, 0.25) is 0 Å². The third-order valence-corrected chi connectivity index (χ3v) is 5.54. The highest BCUT2D eigenvalue weighted by Gasteiger charge is 2.36. The number of nitrogens with one attached hydrogen (secondary N) is 1. The van der Waals surface area contributed by atoms with Gasteiger partial charge in [0.05, 0.1) is 5.69 Å². The standard InChI is InChI=1S/C22H20ClFN2O2/c1-12-3-5-20(13(2)26-12)28-21-6-4-14(11-19(21)24)16-7-8-25-22(27)17(16)9-15-10-18(15)23/h3-8,11,15,18H,9-10H2,1-2H3,(H,25,27). The van der Waals surface area contributed by atoms with Crippen molar-refractivity contribution in [2.75, 3.05) is 0 Å². The zero-order valence-corrected chi connectivity index (χ0v) is 16.4. The lowest BCUT2D eigenvalue weighted by atomic mass is 9.97. The summed E-state index contributed by atoms with van der Waals surface area (Å²) in [6.07, 6.45) is 3.07. The molecule has 0 saturated heterocycles. The van der Waals surface area contributed by atoms with Crippen LogP contribution < -0.4 is 10.3 Å². The van der Waals surface area contributed by atoms with Crippen molar-refractivity contribution in [1.82, 2.24) is 9.97 Å². The Labute approximate surface area is 167 Å². The summed E-state index contributed by atoms with van der Waals surface area (Å²) in [5.74, 6) is 0.432. The number of hydrogen-bond acceptors (Lipinski definition) is 3. The first-order chi connectivity index (χ1) is 13.4. The number of rotatable bonds is 5. The third kappa shape index (κ3) is 3.80. The molecule has 6 heteroatoms. The normalized spacial score (nSPS) is 18.1. The summed E-state index contributed by atoms with van der Waals surface area (Å²) in [5, 5.41) is 0.117. The molecule has 1 N–H and O–H groups in total. The quantitative estimate of drug-likeness (QED) is 0.604. The number of aromatic amines is 1. The Hall–Kier alpha value is -2.66. The predicted octanol–water partition coefficient (Wildman–Crippen LogP) is 5.15. The molecule has 2 atom stereocenters. The maximum atomic E-state index is 14.7. The van der Waals surface area contributed by atoms with E-state index in [9.17, 15) is 9.18 Å². The molecule has 1 fully saturated rings. The Morgan fingerprint density at radius 2 is 1.96 bits per heavy atom. The summed E-state index contributed by atoms with van der Waals surface area (Å²) >= 11 is 6.10. The van der Waals surface area contributed by atoms with E-state index in [4.69, 9.17) is 16.3 Å². The van der Waals surface area contributed by atoms with Crippen LogP contribution in [-0.2, 0) is 6.42 Å². The van der Waals surface area contributed by atoms with Crippen LogP contribution in [0.2, 0.25) is 0 Å². The molecule has 2 aromatic heterocycles. The lowest BCUT2D eigenvalue weighted by Gasteiger charge is -2.12. The van der Waals surface area contributed by atoms with Crippen LogP contribution in [0.3, 0.4) is 0 Å². The average molecular weight is 399 g/mol. The van der Waals surface area contributed by atoms with Crippen LogP contribution in [0, 0.1) is 25.6 Å². The van der Waals surface area contributed by atoms with Gasteiger partial charge in [-0.25, -0.2) is 4.39 Å². The third-order valence-electron chi connectivity index (χ3n) is 5.01. The number of pyridine rings is 2. The fourth-order valence-corrected chi connectivity index (χ4v) is 3.64. The summed E-state index contributed by atoms with van der Waals surface area (Å²) in [7, 11) is 0. The first-order valence-corrected chi connectivity index (χ1v) is 9.62. The van der Waals surface area contributed by atoms with E-state index < -0.39 is 5.82 Å². The van der Waals surface area contributed by atoms with Gasteiger partial charge in [-0.3, -0.25) is 9.78 Å². The van der Waals surface area contributed by atoms with Crippen molar-refractivity contribution in [2.24, 2.45) is 5.92 Å². The highest BCUT2D eigenvalue weighted by Crippen LogP contribution is 2.40. The van der Waals surface area contributed by atoms with Gasteiger partial charge in [-0.15, -0.1) is 11.6 Å². The van der Waals surface area contributed by atoms with Gasteiger partial charge in [-0.2, -0.15) is 0 Å². The van der Waals surface area contributed by atoms with Crippen molar-refractivity contribution in [3.63, 3.8) is 0 Å². The molecule has 0 spiro atoms. The first kappa shape index (κ1) is 18.7. The molecular weight excluding hydrogens is 379 g/mol. The van der Waals surface area contributed by atoms with E-state index in [0.29, 0.717) is 34.9 Å². The Bertz CT molecular complexity index is 1100. The van der Waals surface area contributed by atoms with Crippen LogP contribution in [-0.4, -0.2) is 15.3 Å². The van der Waals surface area contributed by atoms with Crippen molar-refractivity contribution in [3.8, 4) is 22.6 Å². The number of benzene rings is 1. The van der Waals surface area contributed by atoms with E-state index in [2.05, 4.69) is 9.97 Å². The van der Waals surface area contributed by atoms with E-state index in [0.717, 1.165) is 17.7 Å². The molecule has 0 bridgehead atoms. The summed E-state index contributed by atoms with van der Waals surface area (Å²) in [5.41, 5.74) is 3.41. The molecule has 1 aliphatic carbocycles. The number of aryl methyl sites for hydroxylation is 2. The number of ether oxygens (including phenoxy) is 1. The highest BCUT2D eigenvalue weighted by molar-refractivity contribution is 6.22. The topological polar surface area (TPSA) is 55.0 Å². The molecule has 28 heavy (non-hydrogen) atoms. The number of halogens is 2. The minimum atomic E-state index is -0.495. The molecule has 2 heterocycles. The monoisotopic (exact) mass is 398 g/mol. The Morgan fingerprint density at radius 3 is 2.64 bits per heavy atom. The number of nitrogens with zero attached hydrogens (tertiary/aromatic N) is 1. The SMILES string of the molecule is Cc1ccc(Oc2ccc(-c3cc[nH]c(=O)c3CC3CC3Cl)cc2F)c(C)n1. The van der Waals surface area contributed by atoms with Crippen molar-refractivity contribution in [2.45, 2.75) is 32.1 Å². The lowest BCUT2D eigenvalue weighted by molar-refractivity contribution is 0.437. The molecule has 4 rings (SSSR count). The van der Waals surface area contributed by atoms with Crippen LogP contribution >= 0.6 is 11.6 Å². The zero-order chi connectivity index (χ0) is 19.8. The van der Waals surface area contributed by atoms with Gasteiger partial charge < -0.3 is 9.72 Å². The molecule has 144 valence electrons. The lowest BCUT2D eigenvalue weighted by Crippen LogP contribution is -2.14. The van der Waals surface area contributed by atoms with Crippen LogP contribution in [0.4, 0.5) is 4.39 Å². The molecule has 0 radical (unpaired) electrons. The molecule has 3 aromatic rings. The molecule has 4 nitrogen and oxygen atoms in total. The van der Waals surface area contributed by atoms with Crippen LogP contribution in [0.5, 0.6) is 11.5 Å². The Morgan fingerprint density at radius 1 is 1.21 bits per heavy atom. The molecular formula is C22H20ClFN2O2. The summed E-state index contributed by atoms with van der Waals surface area (Å²) in [6, 6.07) is 10.1. The van der Waals surface area contributed by atoms with Gasteiger partial charge in [0.15, 0.2) is 11.6 Å². The second-order valence-electron chi connectivity index (χ2n) is 7.20. The van der Waals surface area contributed by atoms with Gasteiger partial charge in [0.25, 0.3) is 5.56 Å². The van der Waals surface area contributed by atoms with Gasteiger partial charge in [0.1, 0.15) is 5.75 Å². The molecule has 1 saturated carbocycles. The molecule has 2 unspecified atom stereocenters. The fraction of sp³-hybridized carbons (Fsp3) is 0.273. The first-order valence-electron chi connectivity index (χ1n) is 9.19. The van der Waals surface area contributed by atoms with Crippen molar-refractivity contribution >= 4 is 11.6 Å². The minimum Gasteiger partial charge on any atom is -0.452 e. The van der Waals surface area contributed by atoms with Gasteiger partial charge >= 0.3 is 0 Å². The van der Waals surface area contributed by atoms with E-state index >= 15 is 0 Å². The number of hydrogen-bond donors (Lipinski definition) is 1. The molecule has 0 aliphatic heterocycles. The van der Waals surface area contributed by atoms with Gasteiger partial charge in [-0.1, -0.05) is 6.07 Å². The summed E-state index contributed by atoms with van der Waals surface area (Å²) < 4.78 is 20.5. The van der Waals surface area contributed by atoms with E-state index in [-0.39, 0.29) is 16.7 Å². The second kappa shape index (κ2) is 7.40. The zero-order valence-electron chi connectivity index (χ0n) is 15.6. The average Bonchev–Trinajstić information content (AvgIpc) is 3.35. The smallest absolute Gasteiger partial charge is 0.251 e. The van der Waals surface area contributed by atoms with E-state index in [1.165, 1.54) is 6.07 Å². The van der Waals surface area contributed by atoms with Crippen molar-refractivity contribution in [1.29, 1.82) is 0 Å². The molecule has 0 amide bonds. The van der Waals surface area contributed by atoms with Gasteiger partial charge in [-0.05, 0) is 74.1 Å². The second-order valence-corrected chi connectivity index (χ2v) is 7.76.